The minimum absolute atomic E-state index is 0.0720. The van der Waals surface area contributed by atoms with Crippen molar-refractivity contribution in [3.05, 3.63) is 187 Å². The molecule has 0 saturated heterocycles. The Morgan fingerprint density at radius 2 is 1.12 bits per heavy atom. The molecule has 2 atom stereocenters. The van der Waals surface area contributed by atoms with Gasteiger partial charge in [-0.05, 0) is 65.2 Å². The molecule has 49 heavy (non-hydrogen) atoms. The van der Waals surface area contributed by atoms with Crippen LogP contribution in [0.4, 0.5) is 17.1 Å². The summed E-state index contributed by atoms with van der Waals surface area (Å²) in [5.41, 5.74) is 11.0. The van der Waals surface area contributed by atoms with Gasteiger partial charge in [0.15, 0.2) is 0 Å². The van der Waals surface area contributed by atoms with E-state index >= 15 is 0 Å². The van der Waals surface area contributed by atoms with E-state index in [2.05, 4.69) is 169 Å². The third-order valence-corrected chi connectivity index (χ3v) is 10.0. The SMILES string of the molecule is C1=CC2c3cc(N(c4ccccc4)c4ccc(-c5ccccc5)cc4)c4ccccc4c3OC2C(c2ccc3c(c2)oc2ccccc23)=C1. The number of fused-ring (bicyclic) bond motifs is 8. The van der Waals surface area contributed by atoms with Crippen molar-refractivity contribution >= 4 is 55.3 Å². The van der Waals surface area contributed by atoms with Crippen LogP contribution in [0.2, 0.25) is 0 Å². The van der Waals surface area contributed by atoms with E-state index in [-0.39, 0.29) is 12.0 Å². The van der Waals surface area contributed by atoms with E-state index in [1.54, 1.807) is 0 Å². The minimum Gasteiger partial charge on any atom is -0.484 e. The number of allylic oxidation sites excluding steroid dienone is 2. The van der Waals surface area contributed by atoms with E-state index < -0.39 is 0 Å². The topological polar surface area (TPSA) is 25.6 Å². The number of benzene rings is 7. The molecule has 1 aromatic heterocycles. The minimum atomic E-state index is -0.143. The second kappa shape index (κ2) is 11.1. The summed E-state index contributed by atoms with van der Waals surface area (Å²) in [6.07, 6.45) is 6.53. The molecule has 232 valence electrons. The van der Waals surface area contributed by atoms with Gasteiger partial charge in [0.1, 0.15) is 23.0 Å². The summed E-state index contributed by atoms with van der Waals surface area (Å²) in [6.45, 7) is 0. The number of anilines is 3. The molecule has 10 rings (SSSR count). The highest BCUT2D eigenvalue weighted by atomic mass is 16.5. The maximum atomic E-state index is 7.00. The van der Waals surface area contributed by atoms with Crippen LogP contribution in [0, 0.1) is 0 Å². The number of para-hydroxylation sites is 2. The Morgan fingerprint density at radius 3 is 1.94 bits per heavy atom. The van der Waals surface area contributed by atoms with E-state index in [0.717, 1.165) is 66.7 Å². The maximum absolute atomic E-state index is 7.00. The molecular weight excluding hydrogens is 599 g/mol. The first-order chi connectivity index (χ1) is 24.3. The normalized spacial score (nSPS) is 16.4. The first-order valence-electron chi connectivity index (χ1n) is 16.8. The molecule has 0 spiro atoms. The molecule has 0 radical (unpaired) electrons. The van der Waals surface area contributed by atoms with Crippen molar-refractivity contribution in [3.63, 3.8) is 0 Å². The van der Waals surface area contributed by atoms with Crippen LogP contribution < -0.4 is 9.64 Å². The molecule has 0 saturated carbocycles. The Balaban J connectivity index is 1.09. The van der Waals surface area contributed by atoms with E-state index in [0.29, 0.717) is 0 Å². The third kappa shape index (κ3) is 4.51. The number of hydrogen-bond donors (Lipinski definition) is 0. The molecule has 1 aliphatic heterocycles. The Hall–Kier alpha value is -6.32. The molecule has 0 N–H and O–H groups in total. The Kier molecular flexibility index (Phi) is 6.31. The van der Waals surface area contributed by atoms with Gasteiger partial charge in [0.2, 0.25) is 0 Å². The second-order valence-electron chi connectivity index (χ2n) is 12.8. The standard InChI is InChI=1S/C46H31NO2/c1-3-12-30(13-4-1)31-22-25-34(26-23-31)47(33-14-5-2-6-15-33)42-29-41-40-20-11-19-35(45(40)49-46(41)39-18-8-7-16-36(39)42)32-24-27-38-37-17-9-10-21-43(37)48-44(38)28-32/h1-29,40,45H. The summed E-state index contributed by atoms with van der Waals surface area (Å²) in [5.74, 6) is 1.03. The first kappa shape index (κ1) is 27.8. The molecule has 7 aromatic carbocycles. The van der Waals surface area contributed by atoms with Crippen molar-refractivity contribution in [2.75, 3.05) is 4.90 Å². The van der Waals surface area contributed by atoms with Crippen molar-refractivity contribution in [2.24, 2.45) is 0 Å². The number of rotatable bonds is 5. The predicted octanol–water partition coefficient (Wildman–Crippen LogP) is 12.4. The van der Waals surface area contributed by atoms with E-state index in [9.17, 15) is 0 Å². The van der Waals surface area contributed by atoms with Crippen LogP contribution in [0.5, 0.6) is 5.75 Å². The highest BCUT2D eigenvalue weighted by Gasteiger charge is 2.39. The highest BCUT2D eigenvalue weighted by molar-refractivity contribution is 6.06. The monoisotopic (exact) mass is 629 g/mol. The molecule has 3 heteroatoms. The Labute approximate surface area is 284 Å². The van der Waals surface area contributed by atoms with Gasteiger partial charge >= 0.3 is 0 Å². The fourth-order valence-corrected chi connectivity index (χ4v) is 7.72. The maximum Gasteiger partial charge on any atom is 0.136 e. The van der Waals surface area contributed by atoms with Gasteiger partial charge < -0.3 is 14.1 Å². The lowest BCUT2D eigenvalue weighted by atomic mass is 9.83. The molecule has 3 nitrogen and oxygen atoms in total. The molecular formula is C46H31NO2. The quantitative estimate of drug-likeness (QED) is 0.189. The predicted molar refractivity (Wildman–Crippen MR) is 202 cm³/mol. The number of hydrogen-bond acceptors (Lipinski definition) is 3. The van der Waals surface area contributed by atoms with Crippen LogP contribution in [-0.4, -0.2) is 6.10 Å². The molecule has 1 aliphatic carbocycles. The fourth-order valence-electron chi connectivity index (χ4n) is 7.72. The van der Waals surface area contributed by atoms with Crippen molar-refractivity contribution in [3.8, 4) is 16.9 Å². The van der Waals surface area contributed by atoms with Gasteiger partial charge in [0.05, 0.1) is 5.69 Å². The van der Waals surface area contributed by atoms with Crippen molar-refractivity contribution < 1.29 is 9.15 Å². The molecule has 0 fully saturated rings. The number of nitrogens with zero attached hydrogens (tertiary/aromatic N) is 1. The zero-order valence-corrected chi connectivity index (χ0v) is 26.7. The number of ether oxygens (including phenoxy) is 1. The van der Waals surface area contributed by atoms with Crippen molar-refractivity contribution in [1.82, 2.24) is 0 Å². The van der Waals surface area contributed by atoms with Gasteiger partial charge in [0.25, 0.3) is 0 Å². The molecule has 2 unspecified atom stereocenters. The summed E-state index contributed by atoms with van der Waals surface area (Å²) in [7, 11) is 0. The molecule has 0 bridgehead atoms. The van der Waals surface area contributed by atoms with Crippen LogP contribution in [-0.2, 0) is 0 Å². The third-order valence-electron chi connectivity index (χ3n) is 10.0. The molecule has 8 aromatic rings. The van der Waals surface area contributed by atoms with Crippen molar-refractivity contribution in [2.45, 2.75) is 12.0 Å². The average Bonchev–Trinajstić information content (AvgIpc) is 3.74. The van der Waals surface area contributed by atoms with E-state index in [1.165, 1.54) is 16.7 Å². The van der Waals surface area contributed by atoms with Crippen LogP contribution in [0.25, 0.3) is 49.4 Å². The fraction of sp³-hybridized carbons (Fsp3) is 0.0435. The largest absolute Gasteiger partial charge is 0.484 e. The van der Waals surface area contributed by atoms with Crippen LogP contribution in [0.3, 0.4) is 0 Å². The van der Waals surface area contributed by atoms with Crippen LogP contribution in [0.1, 0.15) is 17.0 Å². The summed E-state index contributed by atoms with van der Waals surface area (Å²) in [6, 6.07) is 55.9. The lowest BCUT2D eigenvalue weighted by molar-refractivity contribution is 0.281. The van der Waals surface area contributed by atoms with E-state index in [1.807, 2.05) is 12.1 Å². The Morgan fingerprint density at radius 1 is 0.490 bits per heavy atom. The summed E-state index contributed by atoms with van der Waals surface area (Å²) in [4.78, 5) is 2.38. The molecule has 0 amide bonds. The summed E-state index contributed by atoms with van der Waals surface area (Å²) >= 11 is 0. The summed E-state index contributed by atoms with van der Waals surface area (Å²) in [5, 5.41) is 4.54. The average molecular weight is 630 g/mol. The van der Waals surface area contributed by atoms with Gasteiger partial charge in [-0.15, -0.1) is 0 Å². The van der Waals surface area contributed by atoms with Crippen molar-refractivity contribution in [1.29, 1.82) is 0 Å². The molecule has 2 heterocycles. The Bertz CT molecular complexity index is 2580. The zero-order valence-electron chi connectivity index (χ0n) is 26.7. The van der Waals surface area contributed by atoms with Gasteiger partial charge in [-0.1, -0.05) is 127 Å². The second-order valence-corrected chi connectivity index (χ2v) is 12.8. The summed E-state index contributed by atoms with van der Waals surface area (Å²) < 4.78 is 13.3. The first-order valence-corrected chi connectivity index (χ1v) is 16.8. The van der Waals surface area contributed by atoms with Crippen LogP contribution in [0.15, 0.2) is 180 Å². The lowest BCUT2D eigenvalue weighted by Gasteiger charge is -2.28. The van der Waals surface area contributed by atoms with Gasteiger partial charge in [-0.25, -0.2) is 0 Å². The lowest BCUT2D eigenvalue weighted by Crippen LogP contribution is -2.21. The van der Waals surface area contributed by atoms with Gasteiger partial charge in [0, 0.05) is 50.0 Å². The van der Waals surface area contributed by atoms with Gasteiger partial charge in [-0.3, -0.25) is 0 Å². The van der Waals surface area contributed by atoms with Crippen LogP contribution >= 0.6 is 0 Å². The number of furan rings is 1. The van der Waals surface area contributed by atoms with E-state index in [4.69, 9.17) is 9.15 Å². The smallest absolute Gasteiger partial charge is 0.136 e. The highest BCUT2D eigenvalue weighted by Crippen LogP contribution is 2.53. The van der Waals surface area contributed by atoms with Gasteiger partial charge in [-0.2, -0.15) is 0 Å². The zero-order chi connectivity index (χ0) is 32.3. The molecule has 2 aliphatic rings.